The third-order valence-electron chi connectivity index (χ3n) is 4.00. The summed E-state index contributed by atoms with van der Waals surface area (Å²) < 4.78 is 28.6. The highest BCUT2D eigenvalue weighted by Crippen LogP contribution is 2.36. The van der Waals surface area contributed by atoms with Crippen molar-refractivity contribution in [2.24, 2.45) is 5.14 Å². The van der Waals surface area contributed by atoms with Crippen LogP contribution in [0.15, 0.2) is 0 Å². The van der Waals surface area contributed by atoms with E-state index in [9.17, 15) is 13.2 Å². The van der Waals surface area contributed by atoms with Gasteiger partial charge < -0.3 is 9.64 Å². The molecule has 2 aliphatic heterocycles. The van der Waals surface area contributed by atoms with E-state index in [4.69, 9.17) is 9.88 Å². The van der Waals surface area contributed by atoms with Gasteiger partial charge >= 0.3 is 6.09 Å². The Balaban J connectivity index is 2.15. The fourth-order valence-corrected chi connectivity index (χ4v) is 4.19. The van der Waals surface area contributed by atoms with Gasteiger partial charge in [-0.05, 0) is 52.9 Å². The van der Waals surface area contributed by atoms with Crippen molar-refractivity contribution in [1.29, 1.82) is 0 Å². The van der Waals surface area contributed by atoms with E-state index in [1.54, 1.807) is 4.90 Å². The molecular weight excluding hydrogens is 280 g/mol. The summed E-state index contributed by atoms with van der Waals surface area (Å²) in [4.78, 5) is 14.1. The number of primary sulfonamides is 1. The highest BCUT2D eigenvalue weighted by atomic mass is 32.2. The number of hydrogen-bond acceptors (Lipinski definition) is 4. The van der Waals surface area contributed by atoms with Crippen molar-refractivity contribution in [3.8, 4) is 0 Å². The number of carbonyl (C=O) groups is 1. The first kappa shape index (κ1) is 15.6. The van der Waals surface area contributed by atoms with E-state index in [1.807, 2.05) is 20.8 Å². The number of nitrogens with two attached hydrogens (primary N) is 1. The van der Waals surface area contributed by atoms with Crippen molar-refractivity contribution in [3.63, 3.8) is 0 Å². The number of sulfonamides is 1. The van der Waals surface area contributed by atoms with Gasteiger partial charge in [-0.15, -0.1) is 0 Å². The summed E-state index contributed by atoms with van der Waals surface area (Å²) in [6, 6.07) is -0.138. The normalized spacial score (nSPS) is 31.0. The van der Waals surface area contributed by atoms with E-state index in [2.05, 4.69) is 0 Å². The van der Waals surface area contributed by atoms with Crippen molar-refractivity contribution in [2.45, 2.75) is 75.8 Å². The van der Waals surface area contributed by atoms with Gasteiger partial charge in [0.1, 0.15) is 5.60 Å². The first-order valence-electron chi connectivity index (χ1n) is 7.11. The molecule has 0 aromatic heterocycles. The molecule has 0 aromatic carbocycles. The maximum atomic E-state index is 12.3. The second-order valence-electron chi connectivity index (χ2n) is 6.81. The average Bonchev–Trinajstić information content (AvgIpc) is 2.23. The Morgan fingerprint density at radius 2 is 1.70 bits per heavy atom. The molecule has 3 atom stereocenters. The summed E-state index contributed by atoms with van der Waals surface area (Å²) in [6.45, 7) is 5.49. The summed E-state index contributed by atoms with van der Waals surface area (Å²) in [5.41, 5.74) is -0.540. The van der Waals surface area contributed by atoms with Gasteiger partial charge in [-0.3, -0.25) is 0 Å². The first-order valence-corrected chi connectivity index (χ1v) is 8.72. The molecular formula is C13H24N2O4S. The molecule has 0 saturated carbocycles. The fourth-order valence-electron chi connectivity index (χ4n) is 3.21. The summed E-state index contributed by atoms with van der Waals surface area (Å²) in [5.74, 6) is 0. The Labute approximate surface area is 120 Å². The standard InChI is InChI=1S/C13H24N2O4S/c1-13(2,3)19-12(16)15-9-5-4-6-10(15)8-11(7-9)20(14,17)18/h9-11H,4-8H2,1-3H3,(H2,14,17,18)/t9-,10+,11?. The van der Waals surface area contributed by atoms with E-state index in [0.717, 1.165) is 19.3 Å². The van der Waals surface area contributed by atoms with Crippen molar-refractivity contribution < 1.29 is 17.9 Å². The van der Waals surface area contributed by atoms with Crippen LogP contribution >= 0.6 is 0 Å². The lowest BCUT2D eigenvalue weighted by Crippen LogP contribution is -2.58. The maximum Gasteiger partial charge on any atom is 0.410 e. The molecule has 2 fully saturated rings. The SMILES string of the molecule is CC(C)(C)OC(=O)N1[C@@H]2CCC[C@H]1CC(S(N)(=O)=O)C2. The van der Waals surface area contributed by atoms with Gasteiger partial charge in [-0.1, -0.05) is 0 Å². The zero-order valence-electron chi connectivity index (χ0n) is 12.3. The zero-order chi connectivity index (χ0) is 15.1. The van der Waals surface area contributed by atoms with Gasteiger partial charge in [-0.25, -0.2) is 18.4 Å². The first-order chi connectivity index (χ1) is 9.08. The van der Waals surface area contributed by atoms with Crippen molar-refractivity contribution in [3.05, 3.63) is 0 Å². The van der Waals surface area contributed by atoms with Crippen LogP contribution in [0, 0.1) is 0 Å². The largest absolute Gasteiger partial charge is 0.444 e. The van der Waals surface area contributed by atoms with Crippen LogP contribution < -0.4 is 5.14 Å². The quantitative estimate of drug-likeness (QED) is 0.796. The van der Waals surface area contributed by atoms with Crippen molar-refractivity contribution in [1.82, 2.24) is 4.90 Å². The number of ether oxygens (including phenoxy) is 1. The second kappa shape index (κ2) is 5.18. The van der Waals surface area contributed by atoms with Gasteiger partial charge in [0.25, 0.3) is 0 Å². The van der Waals surface area contributed by atoms with E-state index >= 15 is 0 Å². The van der Waals surface area contributed by atoms with Gasteiger partial charge in [0.2, 0.25) is 10.0 Å². The average molecular weight is 304 g/mol. The minimum atomic E-state index is -3.53. The topological polar surface area (TPSA) is 89.7 Å². The smallest absolute Gasteiger partial charge is 0.410 e. The lowest BCUT2D eigenvalue weighted by atomic mass is 9.84. The number of amides is 1. The molecule has 116 valence electrons. The Bertz CT molecular complexity index is 469. The van der Waals surface area contributed by atoms with Crippen LogP contribution in [0.5, 0.6) is 0 Å². The third kappa shape index (κ3) is 3.44. The minimum absolute atomic E-state index is 0.0688. The van der Waals surface area contributed by atoms with Crippen LogP contribution in [-0.4, -0.2) is 42.3 Å². The van der Waals surface area contributed by atoms with Crippen molar-refractivity contribution >= 4 is 16.1 Å². The number of piperidine rings is 2. The zero-order valence-corrected chi connectivity index (χ0v) is 13.1. The molecule has 0 aromatic rings. The minimum Gasteiger partial charge on any atom is -0.444 e. The summed E-state index contributed by atoms with van der Waals surface area (Å²) in [5, 5.41) is 4.74. The van der Waals surface area contributed by atoms with Crippen molar-refractivity contribution in [2.75, 3.05) is 0 Å². The Morgan fingerprint density at radius 1 is 1.20 bits per heavy atom. The Kier molecular flexibility index (Phi) is 4.03. The predicted molar refractivity (Wildman–Crippen MR) is 75.6 cm³/mol. The number of carbonyl (C=O) groups excluding carboxylic acids is 1. The van der Waals surface area contributed by atoms with Crippen LogP contribution in [0.4, 0.5) is 4.79 Å². The molecule has 2 heterocycles. The molecule has 2 N–H and O–H groups in total. The van der Waals surface area contributed by atoms with Crippen LogP contribution in [0.2, 0.25) is 0 Å². The molecule has 2 saturated heterocycles. The molecule has 1 unspecified atom stereocenters. The van der Waals surface area contributed by atoms with Gasteiger partial charge in [0.05, 0.1) is 5.25 Å². The third-order valence-corrected chi connectivity index (χ3v) is 5.31. The predicted octanol–water partition coefficient (Wildman–Crippen LogP) is 1.60. The molecule has 1 amide bonds. The van der Waals surface area contributed by atoms with Gasteiger partial charge in [0, 0.05) is 12.1 Å². The monoisotopic (exact) mass is 304 g/mol. The molecule has 0 aliphatic carbocycles. The summed E-state index contributed by atoms with van der Waals surface area (Å²) in [6.07, 6.45) is 3.18. The highest BCUT2D eigenvalue weighted by molar-refractivity contribution is 7.89. The van der Waals surface area contributed by atoms with Gasteiger partial charge in [-0.2, -0.15) is 0 Å². The Morgan fingerprint density at radius 3 is 2.10 bits per heavy atom. The number of nitrogens with zero attached hydrogens (tertiary/aromatic N) is 1. The molecule has 2 aliphatic rings. The number of fused-ring (bicyclic) bond motifs is 2. The Hall–Kier alpha value is -0.820. The van der Waals surface area contributed by atoms with E-state index in [-0.39, 0.29) is 18.2 Å². The van der Waals surface area contributed by atoms with E-state index < -0.39 is 20.9 Å². The van der Waals surface area contributed by atoms with Gasteiger partial charge in [0.15, 0.2) is 0 Å². The second-order valence-corrected chi connectivity index (χ2v) is 8.65. The fraction of sp³-hybridized carbons (Fsp3) is 0.923. The molecule has 2 rings (SSSR count). The number of rotatable bonds is 1. The number of hydrogen-bond donors (Lipinski definition) is 1. The van der Waals surface area contributed by atoms with E-state index in [1.165, 1.54) is 0 Å². The molecule has 2 bridgehead atoms. The summed E-state index contributed by atoms with van der Waals surface area (Å²) >= 11 is 0. The molecule has 6 nitrogen and oxygen atoms in total. The lowest BCUT2D eigenvalue weighted by Gasteiger charge is -2.48. The molecule has 7 heteroatoms. The molecule has 20 heavy (non-hydrogen) atoms. The van der Waals surface area contributed by atoms with Crippen LogP contribution in [0.1, 0.15) is 52.9 Å². The van der Waals surface area contributed by atoms with Crippen LogP contribution in [0.3, 0.4) is 0 Å². The summed E-state index contributed by atoms with van der Waals surface area (Å²) in [7, 11) is -3.53. The van der Waals surface area contributed by atoms with E-state index in [0.29, 0.717) is 12.8 Å². The maximum absolute atomic E-state index is 12.3. The van der Waals surface area contributed by atoms with Crippen LogP contribution in [-0.2, 0) is 14.8 Å². The molecule has 0 spiro atoms. The van der Waals surface area contributed by atoms with Crippen LogP contribution in [0.25, 0.3) is 0 Å². The molecule has 0 radical (unpaired) electrons. The highest BCUT2D eigenvalue weighted by Gasteiger charge is 2.45. The lowest BCUT2D eigenvalue weighted by molar-refractivity contribution is -0.0175.